The molecule has 4 rings (SSSR count). The van der Waals surface area contributed by atoms with Crippen LogP contribution >= 0.6 is 11.6 Å². The molecule has 2 heterocycles. The molecule has 1 aliphatic rings. The lowest BCUT2D eigenvalue weighted by Gasteiger charge is -2.31. The maximum atomic E-state index is 12.9. The number of esters is 1. The average molecular weight is 424 g/mol. The molecule has 0 atom stereocenters. The van der Waals surface area contributed by atoms with Crippen molar-refractivity contribution in [1.82, 2.24) is 4.98 Å². The predicted molar refractivity (Wildman–Crippen MR) is 114 cm³/mol. The normalized spacial score (nSPS) is 12.5. The molecule has 8 heteroatoms. The number of carbonyl (C=O) groups is 2. The molecule has 1 aromatic heterocycles. The summed E-state index contributed by atoms with van der Waals surface area (Å²) in [6.07, 6.45) is 1.67. The minimum absolute atomic E-state index is 0.327. The van der Waals surface area contributed by atoms with Crippen molar-refractivity contribution in [1.29, 1.82) is 0 Å². The Kier molecular flexibility index (Phi) is 5.54. The minimum Gasteiger partial charge on any atom is -0.489 e. The van der Waals surface area contributed by atoms with Crippen LogP contribution in [0.4, 0.5) is 17.2 Å². The number of nitrogens with zero attached hydrogens (tertiary/aromatic N) is 2. The maximum absolute atomic E-state index is 12.9. The number of nitrogens with one attached hydrogen (secondary N) is 1. The number of amides is 1. The highest BCUT2D eigenvalue weighted by atomic mass is 35.5. The number of benzene rings is 2. The van der Waals surface area contributed by atoms with Gasteiger partial charge in [0.05, 0.1) is 35.5 Å². The van der Waals surface area contributed by atoms with Gasteiger partial charge in [0, 0.05) is 11.9 Å². The monoisotopic (exact) mass is 423 g/mol. The number of rotatable bonds is 4. The number of anilines is 3. The van der Waals surface area contributed by atoms with E-state index in [0.29, 0.717) is 46.6 Å². The standard InChI is InChI=1S/C22H18ClN3O4/c1-29-22(28)14-7-9-15(10-8-14)25-21(27)16-4-2-6-18-19(16)30-13-12-26(18)20-17(23)5-3-11-24-20/h2-11H,12-13H2,1H3,(H,25,27). The van der Waals surface area contributed by atoms with Gasteiger partial charge in [-0.3, -0.25) is 4.79 Å². The predicted octanol–water partition coefficient (Wildman–Crippen LogP) is 4.30. The fraction of sp³-hybridized carbons (Fsp3) is 0.136. The number of para-hydroxylation sites is 1. The first kappa shape index (κ1) is 19.7. The molecular weight excluding hydrogens is 406 g/mol. The Labute approximate surface area is 178 Å². The molecule has 1 amide bonds. The number of methoxy groups -OCH3 is 1. The van der Waals surface area contributed by atoms with Crippen molar-refractivity contribution in [3.8, 4) is 5.75 Å². The molecule has 0 unspecified atom stereocenters. The summed E-state index contributed by atoms with van der Waals surface area (Å²) in [5.41, 5.74) is 2.06. The van der Waals surface area contributed by atoms with Gasteiger partial charge in [-0.05, 0) is 48.5 Å². The van der Waals surface area contributed by atoms with Gasteiger partial charge in [0.25, 0.3) is 5.91 Å². The third-order valence-corrected chi connectivity index (χ3v) is 4.94. The molecule has 0 bridgehead atoms. The zero-order valence-corrected chi connectivity index (χ0v) is 16.8. The van der Waals surface area contributed by atoms with Crippen molar-refractivity contribution < 1.29 is 19.1 Å². The van der Waals surface area contributed by atoms with Gasteiger partial charge < -0.3 is 19.7 Å². The Bertz CT molecular complexity index is 1100. The Morgan fingerprint density at radius 1 is 1.13 bits per heavy atom. The summed E-state index contributed by atoms with van der Waals surface area (Å²) >= 11 is 6.32. The molecule has 7 nitrogen and oxygen atoms in total. The highest BCUT2D eigenvalue weighted by Gasteiger charge is 2.26. The number of hydrogen-bond acceptors (Lipinski definition) is 6. The second-order valence-electron chi connectivity index (χ2n) is 6.49. The van der Waals surface area contributed by atoms with Gasteiger partial charge in [0.15, 0.2) is 11.6 Å². The molecule has 0 aliphatic carbocycles. The molecular formula is C22H18ClN3O4. The Balaban J connectivity index is 1.61. The zero-order chi connectivity index (χ0) is 21.1. The smallest absolute Gasteiger partial charge is 0.337 e. The van der Waals surface area contributed by atoms with Gasteiger partial charge in [-0.2, -0.15) is 0 Å². The molecule has 2 aromatic carbocycles. The van der Waals surface area contributed by atoms with Crippen LogP contribution in [0, 0.1) is 0 Å². The van der Waals surface area contributed by atoms with Crippen LogP contribution in [0.15, 0.2) is 60.8 Å². The van der Waals surface area contributed by atoms with E-state index in [1.807, 2.05) is 11.0 Å². The van der Waals surface area contributed by atoms with Crippen molar-refractivity contribution in [3.63, 3.8) is 0 Å². The molecule has 1 aliphatic heterocycles. The number of halogens is 1. The number of pyridine rings is 1. The van der Waals surface area contributed by atoms with E-state index in [2.05, 4.69) is 15.0 Å². The topological polar surface area (TPSA) is 80.8 Å². The lowest BCUT2D eigenvalue weighted by molar-refractivity contribution is 0.0600. The number of aromatic nitrogens is 1. The van der Waals surface area contributed by atoms with Crippen LogP contribution in [0.2, 0.25) is 5.02 Å². The van der Waals surface area contributed by atoms with Crippen molar-refractivity contribution >= 4 is 40.7 Å². The third kappa shape index (κ3) is 3.79. The summed E-state index contributed by atoms with van der Waals surface area (Å²) in [4.78, 5) is 30.8. The Hall–Kier alpha value is -3.58. The van der Waals surface area contributed by atoms with Gasteiger partial charge in [-0.15, -0.1) is 0 Å². The summed E-state index contributed by atoms with van der Waals surface area (Å²) < 4.78 is 10.5. The number of carbonyl (C=O) groups excluding carboxylic acids is 2. The Morgan fingerprint density at radius 2 is 1.93 bits per heavy atom. The van der Waals surface area contributed by atoms with Crippen molar-refractivity contribution in [2.75, 3.05) is 30.5 Å². The summed E-state index contributed by atoms with van der Waals surface area (Å²) in [6.45, 7) is 0.946. The number of hydrogen-bond donors (Lipinski definition) is 1. The summed E-state index contributed by atoms with van der Waals surface area (Å²) in [6, 6.07) is 15.3. The SMILES string of the molecule is COC(=O)c1ccc(NC(=O)c2cccc3c2OCCN3c2ncccc2Cl)cc1. The number of ether oxygens (including phenoxy) is 2. The fourth-order valence-corrected chi connectivity index (χ4v) is 3.45. The lowest BCUT2D eigenvalue weighted by atomic mass is 10.1. The second-order valence-corrected chi connectivity index (χ2v) is 6.89. The largest absolute Gasteiger partial charge is 0.489 e. The van der Waals surface area contributed by atoms with Crippen molar-refractivity contribution in [2.45, 2.75) is 0 Å². The lowest BCUT2D eigenvalue weighted by Crippen LogP contribution is -2.30. The van der Waals surface area contributed by atoms with Gasteiger partial charge in [0.2, 0.25) is 0 Å². The first-order chi connectivity index (χ1) is 14.6. The van der Waals surface area contributed by atoms with Crippen LogP contribution in [-0.2, 0) is 4.74 Å². The zero-order valence-electron chi connectivity index (χ0n) is 16.1. The third-order valence-electron chi connectivity index (χ3n) is 4.65. The molecule has 30 heavy (non-hydrogen) atoms. The first-order valence-corrected chi connectivity index (χ1v) is 9.60. The van der Waals surface area contributed by atoms with E-state index in [-0.39, 0.29) is 5.91 Å². The van der Waals surface area contributed by atoms with E-state index < -0.39 is 5.97 Å². The fourth-order valence-electron chi connectivity index (χ4n) is 3.23. The van der Waals surface area contributed by atoms with Crippen LogP contribution in [0.25, 0.3) is 0 Å². The van der Waals surface area contributed by atoms with Crippen LogP contribution in [-0.4, -0.2) is 37.1 Å². The van der Waals surface area contributed by atoms with Crippen LogP contribution in [0.5, 0.6) is 5.75 Å². The molecule has 152 valence electrons. The van der Waals surface area contributed by atoms with E-state index in [1.165, 1.54) is 7.11 Å². The molecule has 0 radical (unpaired) electrons. The summed E-state index contributed by atoms with van der Waals surface area (Å²) in [5.74, 6) is 0.312. The molecule has 1 N–H and O–H groups in total. The van der Waals surface area contributed by atoms with Gasteiger partial charge in [-0.25, -0.2) is 9.78 Å². The molecule has 0 saturated carbocycles. The highest BCUT2D eigenvalue weighted by Crippen LogP contribution is 2.40. The number of fused-ring (bicyclic) bond motifs is 1. The first-order valence-electron chi connectivity index (χ1n) is 9.22. The minimum atomic E-state index is -0.438. The molecule has 0 saturated heterocycles. The molecule has 0 spiro atoms. The molecule has 3 aromatic rings. The average Bonchev–Trinajstić information content (AvgIpc) is 2.78. The second kappa shape index (κ2) is 8.42. The summed E-state index contributed by atoms with van der Waals surface area (Å²) in [5, 5.41) is 3.35. The van der Waals surface area contributed by atoms with E-state index in [9.17, 15) is 9.59 Å². The van der Waals surface area contributed by atoms with Gasteiger partial charge in [-0.1, -0.05) is 17.7 Å². The van der Waals surface area contributed by atoms with Crippen molar-refractivity contribution in [2.24, 2.45) is 0 Å². The summed E-state index contributed by atoms with van der Waals surface area (Å²) in [7, 11) is 1.32. The van der Waals surface area contributed by atoms with Crippen molar-refractivity contribution in [3.05, 3.63) is 76.9 Å². The van der Waals surface area contributed by atoms with Gasteiger partial charge in [0.1, 0.15) is 6.61 Å². The van der Waals surface area contributed by atoms with E-state index in [1.54, 1.807) is 54.7 Å². The quantitative estimate of drug-likeness (QED) is 0.630. The van der Waals surface area contributed by atoms with Crippen LogP contribution < -0.4 is 15.0 Å². The van der Waals surface area contributed by atoms with E-state index in [0.717, 1.165) is 5.69 Å². The van der Waals surface area contributed by atoms with E-state index >= 15 is 0 Å². The van der Waals surface area contributed by atoms with E-state index in [4.69, 9.17) is 16.3 Å². The maximum Gasteiger partial charge on any atom is 0.337 e. The molecule has 0 fully saturated rings. The Morgan fingerprint density at radius 3 is 2.67 bits per heavy atom. The van der Waals surface area contributed by atoms with Crippen LogP contribution in [0.3, 0.4) is 0 Å². The van der Waals surface area contributed by atoms with Gasteiger partial charge >= 0.3 is 5.97 Å². The highest BCUT2D eigenvalue weighted by molar-refractivity contribution is 6.33. The van der Waals surface area contributed by atoms with Crippen LogP contribution in [0.1, 0.15) is 20.7 Å².